The maximum absolute atomic E-state index is 5.68. The molecule has 1 heterocycles. The minimum absolute atomic E-state index is 0.791. The van der Waals surface area contributed by atoms with Crippen molar-refractivity contribution in [3.63, 3.8) is 0 Å². The van der Waals surface area contributed by atoms with Gasteiger partial charge in [-0.3, -0.25) is 0 Å². The van der Waals surface area contributed by atoms with Crippen molar-refractivity contribution in [1.29, 1.82) is 0 Å². The lowest BCUT2D eigenvalue weighted by Crippen LogP contribution is -2.23. The number of fused-ring (bicyclic) bond motifs is 1. The Balaban J connectivity index is 2.38. The number of thioether (sulfide) groups is 1. The van der Waals surface area contributed by atoms with Crippen LogP contribution < -0.4 is 5.84 Å². The van der Waals surface area contributed by atoms with Crippen LogP contribution in [0.1, 0.15) is 5.56 Å². The largest absolute Gasteiger partial charge is 0.313 e. The van der Waals surface area contributed by atoms with E-state index in [4.69, 9.17) is 5.84 Å². The van der Waals surface area contributed by atoms with Crippen molar-refractivity contribution in [2.45, 2.75) is 11.4 Å². The topological polar surface area (TPSA) is 29.3 Å². The molecule has 0 saturated carbocycles. The predicted molar refractivity (Wildman–Crippen MR) is 51.2 cm³/mol. The van der Waals surface area contributed by atoms with E-state index in [0.717, 1.165) is 6.54 Å². The molecule has 2 N–H and O–H groups in total. The summed E-state index contributed by atoms with van der Waals surface area (Å²) in [6, 6.07) is 8.31. The standard InChI is InChI=1S/C9H10N2S/c10-11-5-6-12-9-4-2-1-3-8(9)7-11/h1-6H,7,10H2. The van der Waals surface area contributed by atoms with Crippen LogP contribution >= 0.6 is 11.8 Å². The highest BCUT2D eigenvalue weighted by Gasteiger charge is 2.05. The molecule has 0 amide bonds. The monoisotopic (exact) mass is 178 g/mol. The molecule has 2 nitrogen and oxygen atoms in total. The first-order valence-corrected chi connectivity index (χ1v) is 4.67. The summed E-state index contributed by atoms with van der Waals surface area (Å²) in [5.74, 6) is 5.68. The molecule has 0 unspecified atom stereocenters. The zero-order valence-electron chi connectivity index (χ0n) is 6.60. The Morgan fingerprint density at radius 3 is 3.08 bits per heavy atom. The van der Waals surface area contributed by atoms with Crippen LogP contribution in [0.5, 0.6) is 0 Å². The van der Waals surface area contributed by atoms with Crippen LogP contribution in [-0.4, -0.2) is 5.01 Å². The molecule has 12 heavy (non-hydrogen) atoms. The van der Waals surface area contributed by atoms with Crippen LogP contribution in [0.25, 0.3) is 0 Å². The highest BCUT2D eigenvalue weighted by atomic mass is 32.2. The summed E-state index contributed by atoms with van der Waals surface area (Å²) in [4.78, 5) is 1.29. The van der Waals surface area contributed by atoms with Crippen molar-refractivity contribution in [1.82, 2.24) is 5.01 Å². The molecule has 0 bridgehead atoms. The van der Waals surface area contributed by atoms with Gasteiger partial charge in [-0.2, -0.15) is 0 Å². The molecule has 0 saturated heterocycles. The van der Waals surface area contributed by atoms with E-state index < -0.39 is 0 Å². The van der Waals surface area contributed by atoms with Gasteiger partial charge in [-0.15, -0.1) is 0 Å². The van der Waals surface area contributed by atoms with E-state index in [1.54, 1.807) is 16.8 Å². The number of rotatable bonds is 0. The van der Waals surface area contributed by atoms with Gasteiger partial charge in [0.15, 0.2) is 0 Å². The molecule has 0 atom stereocenters. The van der Waals surface area contributed by atoms with Crippen LogP contribution in [-0.2, 0) is 6.54 Å². The molecule has 0 aromatic heterocycles. The van der Waals surface area contributed by atoms with Crippen molar-refractivity contribution in [2.24, 2.45) is 5.84 Å². The fraction of sp³-hybridized carbons (Fsp3) is 0.111. The third-order valence-electron chi connectivity index (χ3n) is 1.77. The lowest BCUT2D eigenvalue weighted by atomic mass is 10.2. The molecule has 1 aliphatic rings. The average molecular weight is 178 g/mol. The van der Waals surface area contributed by atoms with Gasteiger partial charge in [-0.1, -0.05) is 30.0 Å². The molecular formula is C9H10N2S. The van der Waals surface area contributed by atoms with Crippen molar-refractivity contribution >= 4 is 11.8 Å². The number of benzene rings is 1. The second-order valence-electron chi connectivity index (χ2n) is 2.68. The Morgan fingerprint density at radius 2 is 2.17 bits per heavy atom. The Morgan fingerprint density at radius 1 is 1.33 bits per heavy atom. The van der Waals surface area contributed by atoms with Crippen LogP contribution in [0.2, 0.25) is 0 Å². The summed E-state index contributed by atoms with van der Waals surface area (Å²) in [6.07, 6.45) is 1.89. The van der Waals surface area contributed by atoms with Crippen LogP contribution in [0.15, 0.2) is 40.8 Å². The van der Waals surface area contributed by atoms with E-state index >= 15 is 0 Å². The SMILES string of the molecule is NN1C=CSc2ccccc2C1. The van der Waals surface area contributed by atoms with Crippen molar-refractivity contribution in [3.8, 4) is 0 Å². The molecule has 0 radical (unpaired) electrons. The third kappa shape index (κ3) is 1.47. The summed E-state index contributed by atoms with van der Waals surface area (Å²) in [5.41, 5.74) is 1.29. The molecule has 0 spiro atoms. The molecule has 1 aromatic carbocycles. The zero-order valence-corrected chi connectivity index (χ0v) is 7.42. The molecule has 1 aliphatic heterocycles. The Bertz CT molecular complexity index is 309. The second kappa shape index (κ2) is 3.21. The molecular weight excluding hydrogens is 168 g/mol. The molecule has 62 valence electrons. The number of hydrogen-bond donors (Lipinski definition) is 1. The van der Waals surface area contributed by atoms with E-state index in [1.165, 1.54) is 10.5 Å². The lowest BCUT2D eigenvalue weighted by Gasteiger charge is -2.11. The molecule has 3 heteroatoms. The second-order valence-corrected chi connectivity index (χ2v) is 3.63. The average Bonchev–Trinajstić information content (AvgIpc) is 2.25. The van der Waals surface area contributed by atoms with E-state index in [1.807, 2.05) is 23.7 Å². The van der Waals surface area contributed by atoms with Gasteiger partial charge in [0, 0.05) is 11.1 Å². The summed E-state index contributed by atoms with van der Waals surface area (Å²) >= 11 is 1.71. The summed E-state index contributed by atoms with van der Waals surface area (Å²) in [6.45, 7) is 0.791. The first-order chi connectivity index (χ1) is 5.86. The van der Waals surface area contributed by atoms with Gasteiger partial charge < -0.3 is 5.01 Å². The fourth-order valence-corrected chi connectivity index (χ4v) is 1.99. The van der Waals surface area contributed by atoms with E-state index in [9.17, 15) is 0 Å². The van der Waals surface area contributed by atoms with Gasteiger partial charge in [0.2, 0.25) is 0 Å². The first kappa shape index (κ1) is 7.71. The molecule has 1 aromatic rings. The number of hydrogen-bond acceptors (Lipinski definition) is 3. The smallest absolute Gasteiger partial charge is 0.0596 e. The van der Waals surface area contributed by atoms with E-state index in [2.05, 4.69) is 12.1 Å². The minimum atomic E-state index is 0.791. The number of nitrogens with zero attached hydrogens (tertiary/aromatic N) is 1. The summed E-state index contributed by atoms with van der Waals surface area (Å²) < 4.78 is 0. The molecule has 2 rings (SSSR count). The van der Waals surface area contributed by atoms with Gasteiger partial charge in [-0.05, 0) is 17.0 Å². The molecule has 0 fully saturated rings. The quantitative estimate of drug-likeness (QED) is 0.616. The van der Waals surface area contributed by atoms with Gasteiger partial charge in [0.25, 0.3) is 0 Å². The normalized spacial score (nSPS) is 15.6. The van der Waals surface area contributed by atoms with Crippen molar-refractivity contribution in [2.75, 3.05) is 0 Å². The Kier molecular flexibility index (Phi) is 2.06. The first-order valence-electron chi connectivity index (χ1n) is 3.79. The highest BCUT2D eigenvalue weighted by Crippen LogP contribution is 2.26. The predicted octanol–water partition coefficient (Wildman–Crippen LogP) is 1.94. The van der Waals surface area contributed by atoms with Crippen LogP contribution in [0.4, 0.5) is 0 Å². The fourth-order valence-electron chi connectivity index (χ4n) is 1.18. The highest BCUT2D eigenvalue weighted by molar-refractivity contribution is 8.02. The van der Waals surface area contributed by atoms with Crippen molar-refractivity contribution < 1.29 is 0 Å². The minimum Gasteiger partial charge on any atom is -0.313 e. The maximum atomic E-state index is 5.68. The van der Waals surface area contributed by atoms with Gasteiger partial charge in [-0.25, -0.2) is 5.84 Å². The summed E-state index contributed by atoms with van der Waals surface area (Å²) in [7, 11) is 0. The lowest BCUT2D eigenvalue weighted by molar-refractivity contribution is 0.386. The Hall–Kier alpha value is -0.930. The van der Waals surface area contributed by atoms with Crippen LogP contribution in [0.3, 0.4) is 0 Å². The third-order valence-corrected chi connectivity index (χ3v) is 2.68. The Labute approximate surface area is 76.0 Å². The number of nitrogens with two attached hydrogens (primary N) is 1. The maximum Gasteiger partial charge on any atom is 0.0596 e. The van der Waals surface area contributed by atoms with Gasteiger partial charge in [0.05, 0.1) is 6.54 Å². The van der Waals surface area contributed by atoms with Crippen LogP contribution in [0, 0.1) is 0 Å². The van der Waals surface area contributed by atoms with Crippen molar-refractivity contribution in [3.05, 3.63) is 41.4 Å². The zero-order chi connectivity index (χ0) is 8.39. The molecule has 0 aliphatic carbocycles. The summed E-state index contributed by atoms with van der Waals surface area (Å²) in [5, 5.41) is 3.70. The van der Waals surface area contributed by atoms with E-state index in [-0.39, 0.29) is 0 Å². The van der Waals surface area contributed by atoms with E-state index in [0.29, 0.717) is 0 Å². The van der Waals surface area contributed by atoms with Gasteiger partial charge >= 0.3 is 0 Å². The number of hydrazine groups is 1. The van der Waals surface area contributed by atoms with Gasteiger partial charge in [0.1, 0.15) is 0 Å².